The second-order valence-corrected chi connectivity index (χ2v) is 6.25. The summed E-state index contributed by atoms with van der Waals surface area (Å²) in [7, 11) is 1.56. The molecule has 7 nitrogen and oxygen atoms in total. The van der Waals surface area contributed by atoms with E-state index in [0.717, 1.165) is 38.4 Å². The van der Waals surface area contributed by atoms with E-state index in [2.05, 4.69) is 10.2 Å². The third-order valence-corrected chi connectivity index (χ3v) is 4.69. The fraction of sp³-hybridized carbons (Fsp3) is 0.474. The van der Waals surface area contributed by atoms with Gasteiger partial charge in [-0.15, -0.1) is 0 Å². The minimum atomic E-state index is -0.338. The Balaban J connectivity index is 1.80. The molecule has 7 heteroatoms. The average molecular weight is 359 g/mol. The fourth-order valence-electron chi connectivity index (χ4n) is 3.17. The Labute approximate surface area is 152 Å². The third-order valence-electron chi connectivity index (χ3n) is 4.69. The molecule has 2 aromatic rings. The summed E-state index contributed by atoms with van der Waals surface area (Å²) in [6.45, 7) is 7.08. The molecule has 1 aliphatic rings. The summed E-state index contributed by atoms with van der Waals surface area (Å²) in [5.41, 5.74) is 0.685. The number of hydrogen-bond donors (Lipinski definition) is 1. The second-order valence-electron chi connectivity index (χ2n) is 6.25. The lowest BCUT2D eigenvalue weighted by Gasteiger charge is -2.26. The van der Waals surface area contributed by atoms with Crippen molar-refractivity contribution < 1.29 is 14.3 Å². The van der Waals surface area contributed by atoms with Gasteiger partial charge in [-0.25, -0.2) is 0 Å². The number of rotatable bonds is 6. The quantitative estimate of drug-likeness (QED) is 0.836. The lowest BCUT2D eigenvalue weighted by molar-refractivity contribution is 0.0383. The molecule has 0 bridgehead atoms. The maximum Gasteiger partial charge on any atom is 0.256 e. The van der Waals surface area contributed by atoms with Gasteiger partial charge in [-0.3, -0.25) is 14.5 Å². The maximum absolute atomic E-state index is 12.8. The first-order valence-electron chi connectivity index (χ1n) is 8.93. The van der Waals surface area contributed by atoms with Gasteiger partial charge in [0.05, 0.1) is 31.2 Å². The van der Waals surface area contributed by atoms with Crippen LogP contribution in [-0.2, 0) is 11.3 Å². The number of benzene rings is 1. The van der Waals surface area contributed by atoms with E-state index in [-0.39, 0.29) is 16.9 Å². The lowest BCUT2D eigenvalue weighted by atomic mass is 10.1. The third kappa shape index (κ3) is 3.89. The minimum absolute atomic E-state index is 0.162. The summed E-state index contributed by atoms with van der Waals surface area (Å²) >= 11 is 0. The zero-order chi connectivity index (χ0) is 18.5. The summed E-state index contributed by atoms with van der Waals surface area (Å²) in [4.78, 5) is 27.6. The molecule has 26 heavy (non-hydrogen) atoms. The lowest BCUT2D eigenvalue weighted by Crippen LogP contribution is -2.42. The van der Waals surface area contributed by atoms with Crippen LogP contribution in [0.25, 0.3) is 10.9 Å². The Morgan fingerprint density at radius 2 is 2.08 bits per heavy atom. The Bertz CT molecular complexity index is 841. The highest BCUT2D eigenvalue weighted by Gasteiger charge is 2.16. The number of carbonyl (C=O) groups is 1. The number of amides is 1. The molecular weight excluding hydrogens is 334 g/mol. The summed E-state index contributed by atoms with van der Waals surface area (Å²) in [6, 6.07) is 5.35. The molecule has 1 fully saturated rings. The SMILES string of the molecule is CCn1cc(C(=O)NCCN2CCOCC2)c(=O)c2cc(OC)ccc21. The molecule has 0 atom stereocenters. The number of pyridine rings is 1. The predicted molar refractivity (Wildman–Crippen MR) is 100 cm³/mol. The monoisotopic (exact) mass is 359 g/mol. The van der Waals surface area contributed by atoms with E-state index < -0.39 is 0 Å². The summed E-state index contributed by atoms with van der Waals surface area (Å²) in [6.07, 6.45) is 1.64. The highest BCUT2D eigenvalue weighted by Crippen LogP contribution is 2.19. The highest BCUT2D eigenvalue weighted by atomic mass is 16.5. The van der Waals surface area contributed by atoms with Crippen LogP contribution in [0.1, 0.15) is 17.3 Å². The molecule has 0 aliphatic carbocycles. The van der Waals surface area contributed by atoms with Crippen molar-refractivity contribution in [1.82, 2.24) is 14.8 Å². The number of ether oxygens (including phenoxy) is 2. The van der Waals surface area contributed by atoms with Crippen molar-refractivity contribution in [1.29, 1.82) is 0 Å². The van der Waals surface area contributed by atoms with Gasteiger partial charge < -0.3 is 19.4 Å². The normalized spacial score (nSPS) is 15.2. The average Bonchev–Trinajstić information content (AvgIpc) is 2.69. The van der Waals surface area contributed by atoms with Gasteiger partial charge in [0, 0.05) is 38.9 Å². The molecule has 1 amide bonds. The molecule has 0 unspecified atom stereocenters. The van der Waals surface area contributed by atoms with Gasteiger partial charge in [-0.2, -0.15) is 0 Å². The smallest absolute Gasteiger partial charge is 0.256 e. The number of methoxy groups -OCH3 is 1. The van der Waals surface area contributed by atoms with Crippen LogP contribution in [0.15, 0.2) is 29.2 Å². The van der Waals surface area contributed by atoms with E-state index in [0.29, 0.717) is 24.2 Å². The van der Waals surface area contributed by atoms with Crippen LogP contribution in [0.2, 0.25) is 0 Å². The van der Waals surface area contributed by atoms with Crippen molar-refractivity contribution in [2.75, 3.05) is 46.5 Å². The van der Waals surface area contributed by atoms with Gasteiger partial charge in [0.2, 0.25) is 5.43 Å². The number of aromatic nitrogens is 1. The standard InChI is InChI=1S/C19H25N3O4/c1-3-22-13-16(18(23)15-12-14(25-2)4-5-17(15)22)19(24)20-6-7-21-8-10-26-11-9-21/h4-5,12-13H,3,6-11H2,1-2H3,(H,20,24). The maximum atomic E-state index is 12.8. The van der Waals surface area contributed by atoms with Gasteiger partial charge in [0.1, 0.15) is 11.3 Å². The van der Waals surface area contributed by atoms with Crippen LogP contribution >= 0.6 is 0 Å². The number of aryl methyl sites for hydroxylation is 1. The molecule has 3 rings (SSSR count). The van der Waals surface area contributed by atoms with Gasteiger partial charge in [-0.1, -0.05) is 0 Å². The first kappa shape index (κ1) is 18.4. The molecule has 1 N–H and O–H groups in total. The van der Waals surface area contributed by atoms with Crippen LogP contribution in [0, 0.1) is 0 Å². The number of nitrogens with one attached hydrogen (secondary N) is 1. The van der Waals surface area contributed by atoms with Crippen LogP contribution in [0.5, 0.6) is 5.75 Å². The van der Waals surface area contributed by atoms with Gasteiger partial charge in [0.15, 0.2) is 0 Å². The molecule has 140 valence electrons. The van der Waals surface area contributed by atoms with Crippen molar-refractivity contribution in [3.63, 3.8) is 0 Å². The second kappa shape index (κ2) is 8.33. The van der Waals surface area contributed by atoms with Crippen LogP contribution in [0.4, 0.5) is 0 Å². The van der Waals surface area contributed by atoms with Crippen LogP contribution < -0.4 is 15.5 Å². The van der Waals surface area contributed by atoms with Crippen LogP contribution in [-0.4, -0.2) is 61.9 Å². The van der Waals surface area contributed by atoms with E-state index in [1.54, 1.807) is 19.4 Å². The van der Waals surface area contributed by atoms with Gasteiger partial charge in [0.25, 0.3) is 5.91 Å². The van der Waals surface area contributed by atoms with Crippen molar-refractivity contribution in [3.8, 4) is 5.75 Å². The largest absolute Gasteiger partial charge is 0.497 e. The van der Waals surface area contributed by atoms with Gasteiger partial charge >= 0.3 is 0 Å². The van der Waals surface area contributed by atoms with E-state index in [1.807, 2.05) is 23.6 Å². The predicted octanol–water partition coefficient (Wildman–Crippen LogP) is 1.09. The van der Waals surface area contributed by atoms with E-state index in [9.17, 15) is 9.59 Å². The molecule has 1 aromatic heterocycles. The van der Waals surface area contributed by atoms with Crippen molar-refractivity contribution in [2.24, 2.45) is 0 Å². The molecule has 2 heterocycles. The summed E-state index contributed by atoms with van der Waals surface area (Å²) in [5, 5.41) is 3.36. The molecule has 1 aliphatic heterocycles. The zero-order valence-corrected chi connectivity index (χ0v) is 15.3. The molecule has 0 radical (unpaired) electrons. The summed E-state index contributed by atoms with van der Waals surface area (Å²) in [5.74, 6) is 0.261. The Morgan fingerprint density at radius 1 is 1.31 bits per heavy atom. The number of fused-ring (bicyclic) bond motifs is 1. The number of morpholine rings is 1. The Kier molecular flexibility index (Phi) is 5.90. The first-order valence-corrected chi connectivity index (χ1v) is 8.93. The minimum Gasteiger partial charge on any atom is -0.497 e. The Hall–Kier alpha value is -2.38. The molecular formula is C19H25N3O4. The van der Waals surface area contributed by atoms with E-state index in [4.69, 9.17) is 9.47 Å². The van der Waals surface area contributed by atoms with Crippen molar-refractivity contribution >= 4 is 16.8 Å². The van der Waals surface area contributed by atoms with E-state index in [1.165, 1.54) is 0 Å². The molecule has 0 spiro atoms. The molecule has 1 aromatic carbocycles. The topological polar surface area (TPSA) is 72.8 Å². The number of hydrogen-bond acceptors (Lipinski definition) is 5. The van der Waals surface area contributed by atoms with Gasteiger partial charge in [-0.05, 0) is 25.1 Å². The van der Waals surface area contributed by atoms with Crippen molar-refractivity contribution in [3.05, 3.63) is 40.2 Å². The Morgan fingerprint density at radius 3 is 2.77 bits per heavy atom. The molecule has 0 saturated carbocycles. The van der Waals surface area contributed by atoms with Crippen molar-refractivity contribution in [2.45, 2.75) is 13.5 Å². The summed E-state index contributed by atoms with van der Waals surface area (Å²) < 4.78 is 12.4. The fourth-order valence-corrected chi connectivity index (χ4v) is 3.17. The van der Waals surface area contributed by atoms with Crippen LogP contribution in [0.3, 0.4) is 0 Å². The molecule has 1 saturated heterocycles. The number of carbonyl (C=O) groups excluding carboxylic acids is 1. The van der Waals surface area contributed by atoms with E-state index >= 15 is 0 Å². The highest BCUT2D eigenvalue weighted by molar-refractivity contribution is 5.97. The zero-order valence-electron chi connectivity index (χ0n) is 15.3. The first-order chi connectivity index (χ1) is 12.6. The number of nitrogens with zero attached hydrogens (tertiary/aromatic N) is 2.